The molecule has 6 heteroatoms. The zero-order valence-electron chi connectivity index (χ0n) is 9.82. The molecule has 0 amide bonds. The highest BCUT2D eigenvalue weighted by atomic mass is 79.9. The van der Waals surface area contributed by atoms with E-state index in [1.807, 2.05) is 26.0 Å². The molecule has 1 heterocycles. The number of halogens is 1. The molecule has 0 unspecified atom stereocenters. The molecule has 0 saturated heterocycles. The van der Waals surface area contributed by atoms with Crippen LogP contribution in [0.15, 0.2) is 27.3 Å². The Bertz CT molecular complexity index is 584. The number of nitrogens with one attached hydrogen (secondary N) is 1. The van der Waals surface area contributed by atoms with Crippen molar-refractivity contribution in [1.82, 2.24) is 4.98 Å². The number of nitrogens with zero attached hydrogens (tertiary/aromatic N) is 1. The van der Waals surface area contributed by atoms with Crippen molar-refractivity contribution >= 4 is 33.6 Å². The van der Waals surface area contributed by atoms with Gasteiger partial charge >= 0.3 is 5.97 Å². The summed E-state index contributed by atoms with van der Waals surface area (Å²) in [6.07, 6.45) is 1.10. The first-order valence-corrected chi connectivity index (χ1v) is 5.99. The number of aromatic carboxylic acids is 1. The van der Waals surface area contributed by atoms with Crippen molar-refractivity contribution in [2.24, 2.45) is 0 Å². The minimum Gasteiger partial charge on any atom is -0.476 e. The van der Waals surface area contributed by atoms with Gasteiger partial charge in [-0.05, 0) is 37.1 Å². The van der Waals surface area contributed by atoms with E-state index in [2.05, 4.69) is 26.2 Å². The number of rotatable bonds is 3. The first kappa shape index (κ1) is 12.6. The van der Waals surface area contributed by atoms with Crippen LogP contribution in [0.1, 0.15) is 21.6 Å². The lowest BCUT2D eigenvalue weighted by molar-refractivity contribution is 0.0690. The molecule has 0 fully saturated rings. The maximum atomic E-state index is 10.7. The number of hydrogen-bond donors (Lipinski definition) is 2. The van der Waals surface area contributed by atoms with Gasteiger partial charge in [-0.15, -0.1) is 0 Å². The van der Waals surface area contributed by atoms with Gasteiger partial charge in [0.2, 0.25) is 0 Å². The van der Waals surface area contributed by atoms with Gasteiger partial charge in [0.25, 0.3) is 6.01 Å². The average Bonchev–Trinajstić information content (AvgIpc) is 2.74. The quantitative estimate of drug-likeness (QED) is 0.907. The van der Waals surface area contributed by atoms with E-state index >= 15 is 0 Å². The second kappa shape index (κ2) is 4.81. The SMILES string of the molecule is Cc1cc(Nc2nc(C(=O)O)co2)cc(C)c1Br. The van der Waals surface area contributed by atoms with Crippen LogP contribution in [0.4, 0.5) is 11.7 Å². The molecule has 1 aromatic heterocycles. The van der Waals surface area contributed by atoms with Gasteiger partial charge in [0.05, 0.1) is 0 Å². The summed E-state index contributed by atoms with van der Waals surface area (Å²) in [7, 11) is 0. The Hall–Kier alpha value is -1.82. The van der Waals surface area contributed by atoms with Crippen molar-refractivity contribution in [3.63, 3.8) is 0 Å². The van der Waals surface area contributed by atoms with Crippen LogP contribution in [-0.4, -0.2) is 16.1 Å². The predicted molar refractivity (Wildman–Crippen MR) is 70.4 cm³/mol. The Balaban J connectivity index is 2.25. The molecule has 2 rings (SSSR count). The van der Waals surface area contributed by atoms with Crippen LogP contribution in [0.25, 0.3) is 0 Å². The molecule has 18 heavy (non-hydrogen) atoms. The molecule has 2 aromatic rings. The zero-order chi connectivity index (χ0) is 13.3. The normalized spacial score (nSPS) is 10.4. The number of carboxylic acid groups (broad SMARTS) is 1. The summed E-state index contributed by atoms with van der Waals surface area (Å²) < 4.78 is 6.07. The molecule has 0 atom stereocenters. The van der Waals surface area contributed by atoms with E-state index < -0.39 is 5.97 Å². The molecule has 0 aliphatic carbocycles. The summed E-state index contributed by atoms with van der Waals surface area (Å²) in [4.78, 5) is 14.5. The molecule has 0 spiro atoms. The number of aromatic nitrogens is 1. The summed E-state index contributed by atoms with van der Waals surface area (Å²) >= 11 is 3.48. The summed E-state index contributed by atoms with van der Waals surface area (Å²) in [5.74, 6) is -1.12. The number of carbonyl (C=O) groups is 1. The fourth-order valence-electron chi connectivity index (χ4n) is 1.57. The first-order chi connectivity index (χ1) is 8.47. The van der Waals surface area contributed by atoms with E-state index in [0.717, 1.165) is 27.6 Å². The average molecular weight is 311 g/mol. The van der Waals surface area contributed by atoms with Crippen molar-refractivity contribution in [2.75, 3.05) is 5.32 Å². The van der Waals surface area contributed by atoms with Gasteiger partial charge in [0.1, 0.15) is 6.26 Å². The molecule has 2 N–H and O–H groups in total. The van der Waals surface area contributed by atoms with Crippen molar-refractivity contribution in [2.45, 2.75) is 13.8 Å². The monoisotopic (exact) mass is 310 g/mol. The topological polar surface area (TPSA) is 75.4 Å². The molecular formula is C12H11BrN2O3. The lowest BCUT2D eigenvalue weighted by Gasteiger charge is -2.07. The fourth-order valence-corrected chi connectivity index (χ4v) is 1.80. The Morgan fingerprint density at radius 1 is 1.39 bits per heavy atom. The highest BCUT2D eigenvalue weighted by Crippen LogP contribution is 2.26. The maximum absolute atomic E-state index is 10.7. The lowest BCUT2D eigenvalue weighted by Crippen LogP contribution is -1.97. The largest absolute Gasteiger partial charge is 0.476 e. The summed E-state index contributed by atoms with van der Waals surface area (Å²) in [6.45, 7) is 3.95. The van der Waals surface area contributed by atoms with Gasteiger partial charge < -0.3 is 14.8 Å². The molecule has 0 bridgehead atoms. The molecule has 1 aromatic carbocycles. The third-order valence-corrected chi connectivity index (χ3v) is 3.66. The number of benzene rings is 1. The molecule has 0 aliphatic rings. The predicted octanol–water partition coefficient (Wildman–Crippen LogP) is 3.50. The number of anilines is 2. The molecule has 5 nitrogen and oxygen atoms in total. The van der Waals surface area contributed by atoms with Crippen LogP contribution >= 0.6 is 15.9 Å². The summed E-state index contributed by atoms with van der Waals surface area (Å²) in [5, 5.41) is 11.7. The summed E-state index contributed by atoms with van der Waals surface area (Å²) in [6, 6.07) is 4.00. The third-order valence-electron chi connectivity index (χ3n) is 2.41. The van der Waals surface area contributed by atoms with Crippen LogP contribution < -0.4 is 5.32 Å². The number of aryl methyl sites for hydroxylation is 2. The standard InChI is InChI=1S/C12H11BrN2O3/c1-6-3-8(4-7(2)10(6)13)14-12-15-9(5-18-12)11(16)17/h3-5H,1-2H3,(H,14,15)(H,16,17). The van der Waals surface area contributed by atoms with Gasteiger partial charge in [-0.1, -0.05) is 15.9 Å². The third kappa shape index (κ3) is 2.53. The second-order valence-electron chi connectivity index (χ2n) is 3.89. The molecule has 0 radical (unpaired) electrons. The van der Waals surface area contributed by atoms with E-state index in [1.165, 1.54) is 0 Å². The van der Waals surface area contributed by atoms with E-state index in [0.29, 0.717) is 0 Å². The first-order valence-electron chi connectivity index (χ1n) is 5.20. The van der Waals surface area contributed by atoms with Crippen molar-refractivity contribution in [1.29, 1.82) is 0 Å². The van der Waals surface area contributed by atoms with Crippen molar-refractivity contribution < 1.29 is 14.3 Å². The summed E-state index contributed by atoms with van der Waals surface area (Å²) in [5.41, 5.74) is 2.82. The molecular weight excluding hydrogens is 300 g/mol. The van der Waals surface area contributed by atoms with Crippen LogP contribution in [0.3, 0.4) is 0 Å². The Kier molecular flexibility index (Phi) is 3.38. The van der Waals surface area contributed by atoms with E-state index in [9.17, 15) is 4.79 Å². The van der Waals surface area contributed by atoms with E-state index in [-0.39, 0.29) is 11.7 Å². The maximum Gasteiger partial charge on any atom is 0.357 e. The lowest BCUT2D eigenvalue weighted by atomic mass is 10.1. The minimum absolute atomic E-state index is 0.122. The van der Waals surface area contributed by atoms with Crippen LogP contribution in [0.5, 0.6) is 0 Å². The van der Waals surface area contributed by atoms with Crippen molar-refractivity contribution in [3.8, 4) is 0 Å². The Morgan fingerprint density at radius 2 is 2.00 bits per heavy atom. The van der Waals surface area contributed by atoms with Crippen molar-refractivity contribution in [3.05, 3.63) is 39.7 Å². The van der Waals surface area contributed by atoms with Gasteiger partial charge in [0.15, 0.2) is 5.69 Å². The molecule has 94 valence electrons. The molecule has 0 aliphatic heterocycles. The number of carboxylic acids is 1. The number of oxazole rings is 1. The number of hydrogen-bond acceptors (Lipinski definition) is 4. The van der Waals surface area contributed by atoms with Crippen LogP contribution in [0, 0.1) is 13.8 Å². The van der Waals surface area contributed by atoms with Gasteiger partial charge in [-0.2, -0.15) is 4.98 Å². The highest BCUT2D eigenvalue weighted by Gasteiger charge is 2.11. The van der Waals surface area contributed by atoms with Crippen LogP contribution in [-0.2, 0) is 0 Å². The van der Waals surface area contributed by atoms with Gasteiger partial charge in [0, 0.05) is 10.2 Å². The smallest absolute Gasteiger partial charge is 0.357 e. The Labute approximate surface area is 112 Å². The highest BCUT2D eigenvalue weighted by molar-refractivity contribution is 9.10. The minimum atomic E-state index is -1.12. The van der Waals surface area contributed by atoms with Gasteiger partial charge in [-0.3, -0.25) is 0 Å². The van der Waals surface area contributed by atoms with E-state index in [4.69, 9.17) is 9.52 Å². The fraction of sp³-hybridized carbons (Fsp3) is 0.167. The van der Waals surface area contributed by atoms with E-state index in [1.54, 1.807) is 0 Å². The second-order valence-corrected chi connectivity index (χ2v) is 4.69. The zero-order valence-corrected chi connectivity index (χ0v) is 11.4. The van der Waals surface area contributed by atoms with Gasteiger partial charge in [-0.25, -0.2) is 4.79 Å². The van der Waals surface area contributed by atoms with Crippen LogP contribution in [0.2, 0.25) is 0 Å². The molecule has 0 saturated carbocycles. The Morgan fingerprint density at radius 3 is 2.50 bits per heavy atom.